The van der Waals surface area contributed by atoms with Gasteiger partial charge in [-0.2, -0.15) is 4.98 Å². The van der Waals surface area contributed by atoms with E-state index in [2.05, 4.69) is 4.98 Å². The lowest BCUT2D eigenvalue weighted by Crippen LogP contribution is -2.36. The Morgan fingerprint density at radius 3 is 2.22 bits per heavy atom. The van der Waals surface area contributed by atoms with Crippen LogP contribution in [-0.4, -0.2) is 59.6 Å². The molecule has 1 fully saturated rings. The van der Waals surface area contributed by atoms with E-state index in [-0.39, 0.29) is 11.1 Å². The van der Waals surface area contributed by atoms with Crippen LogP contribution >= 0.6 is 7.60 Å². The number of rotatable bonds is 3. The Balaban J connectivity index is 0.000000223. The summed E-state index contributed by atoms with van der Waals surface area (Å²) in [6, 6.07) is 9.07. The van der Waals surface area contributed by atoms with Crippen molar-refractivity contribution < 1.29 is 34.4 Å². The molecular weight excluding hydrogens is 381 g/mol. The summed E-state index contributed by atoms with van der Waals surface area (Å²) >= 11 is 0. The molecule has 0 amide bonds. The van der Waals surface area contributed by atoms with Crippen molar-refractivity contribution in [3.8, 4) is 0 Å². The van der Waals surface area contributed by atoms with Crippen LogP contribution in [0.4, 0.5) is 5.82 Å². The first kappa shape index (κ1) is 21.2. The largest absolute Gasteiger partial charge is 0.394 e. The Bertz CT molecular complexity index is 856. The molecule has 27 heavy (non-hydrogen) atoms. The van der Waals surface area contributed by atoms with E-state index in [1.807, 2.05) is 0 Å². The number of hydrogen-bond donors (Lipinski definition) is 6. The van der Waals surface area contributed by atoms with E-state index in [1.54, 1.807) is 18.2 Å². The SMILES string of the molecule is Nc1ccn([C@@H]2O[C@H](CO)[C@@H](O)[C@H]2O)c(=O)n1.O=P(O)(O)c1ccccc1. The lowest BCUT2D eigenvalue weighted by atomic mass is 10.1. The molecule has 12 heteroatoms. The van der Waals surface area contributed by atoms with Gasteiger partial charge in [-0.15, -0.1) is 0 Å². The third-order valence-corrected chi connectivity index (χ3v) is 4.71. The molecule has 1 aromatic carbocycles. The van der Waals surface area contributed by atoms with E-state index in [0.29, 0.717) is 0 Å². The molecule has 7 N–H and O–H groups in total. The Morgan fingerprint density at radius 2 is 1.78 bits per heavy atom. The number of ether oxygens (including phenoxy) is 1. The normalized spacial score (nSPS) is 24.9. The maximum atomic E-state index is 11.5. The Hall–Kier alpha value is -2.11. The average molecular weight is 401 g/mol. The summed E-state index contributed by atoms with van der Waals surface area (Å²) in [7, 11) is -4.02. The van der Waals surface area contributed by atoms with Crippen LogP contribution < -0.4 is 16.7 Å². The van der Waals surface area contributed by atoms with Crippen LogP contribution in [0.5, 0.6) is 0 Å². The maximum Gasteiger partial charge on any atom is 0.356 e. The molecule has 1 aromatic heterocycles. The molecule has 4 atom stereocenters. The first-order chi connectivity index (χ1) is 12.6. The van der Waals surface area contributed by atoms with E-state index in [1.165, 1.54) is 24.4 Å². The van der Waals surface area contributed by atoms with Crippen LogP contribution in [0.15, 0.2) is 47.4 Å². The topological polar surface area (TPSA) is 188 Å². The number of aromatic nitrogens is 2. The lowest BCUT2D eigenvalue weighted by molar-refractivity contribution is -0.0549. The first-order valence-electron chi connectivity index (χ1n) is 7.73. The van der Waals surface area contributed by atoms with Gasteiger partial charge in [0, 0.05) is 6.20 Å². The van der Waals surface area contributed by atoms with Crippen molar-refractivity contribution in [2.75, 3.05) is 12.3 Å². The monoisotopic (exact) mass is 401 g/mol. The molecule has 0 unspecified atom stereocenters. The molecule has 1 aliphatic heterocycles. The summed E-state index contributed by atoms with van der Waals surface area (Å²) < 4.78 is 16.7. The van der Waals surface area contributed by atoms with E-state index < -0.39 is 44.4 Å². The highest BCUT2D eigenvalue weighted by Crippen LogP contribution is 2.32. The number of hydrogen-bond acceptors (Lipinski definition) is 8. The Labute approximate surface area is 153 Å². The summed E-state index contributed by atoms with van der Waals surface area (Å²) in [4.78, 5) is 32.2. The number of nitrogen functional groups attached to an aromatic ring is 1. The predicted octanol–water partition coefficient (Wildman–Crippen LogP) is -2.07. The van der Waals surface area contributed by atoms with Gasteiger partial charge in [-0.1, -0.05) is 18.2 Å². The number of aliphatic hydroxyl groups is 3. The Morgan fingerprint density at radius 1 is 1.15 bits per heavy atom. The van der Waals surface area contributed by atoms with E-state index >= 15 is 0 Å². The van der Waals surface area contributed by atoms with E-state index in [0.717, 1.165) is 4.57 Å². The summed E-state index contributed by atoms with van der Waals surface area (Å²) in [6.45, 7) is -0.453. The molecule has 148 valence electrons. The van der Waals surface area contributed by atoms with Gasteiger partial charge in [-0.25, -0.2) is 4.79 Å². The van der Waals surface area contributed by atoms with Crippen molar-refractivity contribution in [1.82, 2.24) is 9.55 Å². The minimum absolute atomic E-state index is 0.0537. The highest BCUT2D eigenvalue weighted by Gasteiger charge is 2.43. The van der Waals surface area contributed by atoms with Crippen molar-refractivity contribution in [1.29, 1.82) is 0 Å². The smallest absolute Gasteiger partial charge is 0.356 e. The minimum Gasteiger partial charge on any atom is -0.394 e. The molecular formula is C15H20N3O8P. The van der Waals surface area contributed by atoms with Gasteiger partial charge in [0.25, 0.3) is 0 Å². The second kappa shape index (κ2) is 8.72. The van der Waals surface area contributed by atoms with Gasteiger partial charge in [0.1, 0.15) is 24.1 Å². The molecule has 3 rings (SSSR count). The fraction of sp³-hybridized carbons (Fsp3) is 0.333. The summed E-state index contributed by atoms with van der Waals surface area (Å²) in [5.41, 5.74) is 4.63. The van der Waals surface area contributed by atoms with Crippen LogP contribution in [0, 0.1) is 0 Å². The van der Waals surface area contributed by atoms with Gasteiger partial charge in [0.05, 0.1) is 11.9 Å². The van der Waals surface area contributed by atoms with E-state index in [9.17, 15) is 19.6 Å². The second-order valence-corrected chi connectivity index (χ2v) is 7.26. The molecule has 1 saturated heterocycles. The van der Waals surface area contributed by atoms with Crippen molar-refractivity contribution in [2.24, 2.45) is 0 Å². The molecule has 1 aliphatic rings. The molecule has 2 aromatic rings. The van der Waals surface area contributed by atoms with Crippen molar-refractivity contribution in [3.63, 3.8) is 0 Å². The zero-order valence-corrected chi connectivity index (χ0v) is 14.8. The standard InChI is InChI=1S/C9H13N3O5.C6H7O3P/c10-5-1-2-12(9(16)11-5)8-7(15)6(14)4(3-13)17-8;7-10(8,9)6-4-2-1-3-5-6/h1-2,4,6-8,13-15H,3H2,(H2,10,11,16);1-5H,(H2,7,8,9)/t4-,6-,7-,8-;/m1./s1. The molecule has 11 nitrogen and oxygen atoms in total. The molecule has 0 saturated carbocycles. The van der Waals surface area contributed by atoms with Gasteiger partial charge in [-0.05, 0) is 18.2 Å². The van der Waals surface area contributed by atoms with Crippen LogP contribution in [-0.2, 0) is 9.30 Å². The van der Waals surface area contributed by atoms with Gasteiger partial charge < -0.3 is 35.6 Å². The zero-order valence-electron chi connectivity index (χ0n) is 13.9. The fourth-order valence-electron chi connectivity index (χ4n) is 2.35. The maximum absolute atomic E-state index is 11.5. The molecule has 0 aliphatic carbocycles. The van der Waals surface area contributed by atoms with Gasteiger partial charge in [0.2, 0.25) is 0 Å². The molecule has 0 bridgehead atoms. The number of nitrogens with zero attached hydrogens (tertiary/aromatic N) is 2. The number of anilines is 1. The first-order valence-corrected chi connectivity index (χ1v) is 9.34. The van der Waals surface area contributed by atoms with Crippen LogP contribution in [0.25, 0.3) is 0 Å². The number of aliphatic hydroxyl groups excluding tert-OH is 3. The molecule has 0 radical (unpaired) electrons. The highest BCUT2D eigenvalue weighted by molar-refractivity contribution is 7.60. The molecule has 0 spiro atoms. The summed E-state index contributed by atoms with van der Waals surface area (Å²) in [6.07, 6.45) is -3.27. The number of benzene rings is 1. The molecule has 2 heterocycles. The third kappa shape index (κ3) is 5.21. The second-order valence-electron chi connectivity index (χ2n) is 5.65. The highest BCUT2D eigenvalue weighted by atomic mass is 31.2. The Kier molecular flexibility index (Phi) is 6.84. The van der Waals surface area contributed by atoms with E-state index in [4.69, 9.17) is 25.4 Å². The van der Waals surface area contributed by atoms with Crippen molar-refractivity contribution >= 4 is 18.7 Å². The summed E-state index contributed by atoms with van der Waals surface area (Å²) in [5.74, 6) is 0.0537. The fourth-order valence-corrected chi connectivity index (χ4v) is 2.91. The van der Waals surface area contributed by atoms with Crippen LogP contribution in [0.1, 0.15) is 6.23 Å². The van der Waals surface area contributed by atoms with Crippen molar-refractivity contribution in [2.45, 2.75) is 24.5 Å². The third-order valence-electron chi connectivity index (χ3n) is 3.74. The number of nitrogens with two attached hydrogens (primary N) is 1. The van der Waals surface area contributed by atoms with Gasteiger partial charge in [0.15, 0.2) is 6.23 Å². The van der Waals surface area contributed by atoms with Crippen molar-refractivity contribution in [3.05, 3.63) is 53.1 Å². The van der Waals surface area contributed by atoms with Gasteiger partial charge >= 0.3 is 13.3 Å². The van der Waals surface area contributed by atoms with Crippen LogP contribution in [0.3, 0.4) is 0 Å². The lowest BCUT2D eigenvalue weighted by Gasteiger charge is -2.16. The van der Waals surface area contributed by atoms with Crippen LogP contribution in [0.2, 0.25) is 0 Å². The zero-order chi connectivity index (χ0) is 20.2. The van der Waals surface area contributed by atoms with Gasteiger partial charge in [-0.3, -0.25) is 9.13 Å². The summed E-state index contributed by atoms with van der Waals surface area (Å²) in [5, 5.41) is 28.2. The predicted molar refractivity (Wildman–Crippen MR) is 94.0 cm³/mol. The minimum atomic E-state index is -4.02. The quantitative estimate of drug-likeness (QED) is 0.312. The average Bonchev–Trinajstić information content (AvgIpc) is 2.90.